The topological polar surface area (TPSA) is 74.8 Å². The standard InChI is InChI=1S/C15H14ClN3O2S/c1-10-8-11(6-7-12(10)16)22(20,21)17-9-15-18-13-4-2-3-5-14(13)19-15/h2-8,17H,9H2,1H3,(H,18,19). The van der Waals surface area contributed by atoms with Crippen LogP contribution in [-0.4, -0.2) is 18.4 Å². The zero-order valence-electron chi connectivity index (χ0n) is 11.8. The summed E-state index contributed by atoms with van der Waals surface area (Å²) < 4.78 is 27.1. The van der Waals surface area contributed by atoms with Crippen molar-refractivity contribution in [2.45, 2.75) is 18.4 Å². The van der Waals surface area contributed by atoms with Crippen LogP contribution in [0.4, 0.5) is 0 Å². The molecular formula is C15H14ClN3O2S. The van der Waals surface area contributed by atoms with Gasteiger partial charge < -0.3 is 4.98 Å². The van der Waals surface area contributed by atoms with Crippen LogP contribution in [0.5, 0.6) is 0 Å². The van der Waals surface area contributed by atoms with Gasteiger partial charge in [0.1, 0.15) is 5.82 Å². The van der Waals surface area contributed by atoms with Gasteiger partial charge in [0.25, 0.3) is 0 Å². The van der Waals surface area contributed by atoms with E-state index in [0.717, 1.165) is 11.0 Å². The van der Waals surface area contributed by atoms with Gasteiger partial charge >= 0.3 is 0 Å². The first-order valence-electron chi connectivity index (χ1n) is 6.65. The highest BCUT2D eigenvalue weighted by Gasteiger charge is 2.15. The fourth-order valence-corrected chi connectivity index (χ4v) is 3.31. The molecule has 7 heteroatoms. The number of para-hydroxylation sites is 2. The first-order chi connectivity index (χ1) is 10.5. The van der Waals surface area contributed by atoms with Crippen molar-refractivity contribution in [1.82, 2.24) is 14.7 Å². The lowest BCUT2D eigenvalue weighted by Gasteiger charge is -2.07. The monoisotopic (exact) mass is 335 g/mol. The van der Waals surface area contributed by atoms with E-state index in [1.807, 2.05) is 24.3 Å². The number of benzene rings is 2. The highest BCUT2D eigenvalue weighted by molar-refractivity contribution is 7.89. The number of rotatable bonds is 4. The summed E-state index contributed by atoms with van der Waals surface area (Å²) in [5.74, 6) is 0.565. The number of aryl methyl sites for hydroxylation is 1. The third kappa shape index (κ3) is 2.99. The van der Waals surface area contributed by atoms with Gasteiger partial charge in [-0.1, -0.05) is 23.7 Å². The second kappa shape index (κ2) is 5.72. The third-order valence-electron chi connectivity index (χ3n) is 3.31. The summed E-state index contributed by atoms with van der Waals surface area (Å²) in [6.07, 6.45) is 0. The largest absolute Gasteiger partial charge is 0.341 e. The van der Waals surface area contributed by atoms with Gasteiger partial charge in [-0.05, 0) is 42.8 Å². The Morgan fingerprint density at radius 2 is 2.00 bits per heavy atom. The molecule has 0 unspecified atom stereocenters. The van der Waals surface area contributed by atoms with Gasteiger partial charge in [0.2, 0.25) is 10.0 Å². The molecular weight excluding hydrogens is 322 g/mol. The predicted octanol–water partition coefficient (Wildman–Crippen LogP) is 3.00. The second-order valence-electron chi connectivity index (χ2n) is 4.94. The number of nitrogens with one attached hydrogen (secondary N) is 2. The minimum absolute atomic E-state index is 0.0959. The molecule has 0 radical (unpaired) electrons. The number of sulfonamides is 1. The van der Waals surface area contributed by atoms with Crippen molar-refractivity contribution < 1.29 is 8.42 Å². The van der Waals surface area contributed by atoms with Gasteiger partial charge in [-0.15, -0.1) is 0 Å². The summed E-state index contributed by atoms with van der Waals surface area (Å²) in [6.45, 7) is 1.86. The van der Waals surface area contributed by atoms with E-state index in [9.17, 15) is 8.42 Å². The van der Waals surface area contributed by atoms with Crippen LogP contribution in [0.1, 0.15) is 11.4 Å². The minimum atomic E-state index is -3.60. The van der Waals surface area contributed by atoms with E-state index >= 15 is 0 Å². The molecule has 0 bridgehead atoms. The van der Waals surface area contributed by atoms with Crippen LogP contribution < -0.4 is 4.72 Å². The van der Waals surface area contributed by atoms with E-state index in [2.05, 4.69) is 14.7 Å². The minimum Gasteiger partial charge on any atom is -0.341 e. The first-order valence-corrected chi connectivity index (χ1v) is 8.51. The van der Waals surface area contributed by atoms with Gasteiger partial charge in [-0.25, -0.2) is 18.1 Å². The molecule has 1 heterocycles. The molecule has 22 heavy (non-hydrogen) atoms. The van der Waals surface area contributed by atoms with E-state index < -0.39 is 10.0 Å². The lowest BCUT2D eigenvalue weighted by atomic mass is 10.2. The molecule has 5 nitrogen and oxygen atoms in total. The fourth-order valence-electron chi connectivity index (χ4n) is 2.12. The van der Waals surface area contributed by atoms with Crippen molar-refractivity contribution in [3.05, 3.63) is 58.9 Å². The number of H-pyrrole nitrogens is 1. The van der Waals surface area contributed by atoms with Gasteiger partial charge in [-0.3, -0.25) is 0 Å². The lowest BCUT2D eigenvalue weighted by Crippen LogP contribution is -2.23. The zero-order valence-corrected chi connectivity index (χ0v) is 13.4. The van der Waals surface area contributed by atoms with Crippen molar-refractivity contribution >= 4 is 32.7 Å². The van der Waals surface area contributed by atoms with E-state index in [1.54, 1.807) is 19.1 Å². The number of halogens is 1. The Morgan fingerprint density at radius 3 is 2.73 bits per heavy atom. The van der Waals surface area contributed by atoms with Crippen molar-refractivity contribution in [3.63, 3.8) is 0 Å². The Morgan fingerprint density at radius 1 is 1.23 bits per heavy atom. The van der Waals surface area contributed by atoms with Crippen molar-refractivity contribution in [2.75, 3.05) is 0 Å². The van der Waals surface area contributed by atoms with Crippen LogP contribution in [0.15, 0.2) is 47.4 Å². The Kier molecular flexibility index (Phi) is 3.90. The molecule has 2 aromatic carbocycles. The fraction of sp³-hybridized carbons (Fsp3) is 0.133. The quantitative estimate of drug-likeness (QED) is 0.769. The molecule has 0 aliphatic rings. The average Bonchev–Trinajstić information content (AvgIpc) is 2.91. The summed E-state index contributed by atoms with van der Waals surface area (Å²) >= 11 is 5.92. The molecule has 3 aromatic rings. The maximum absolute atomic E-state index is 12.3. The molecule has 0 aliphatic carbocycles. The summed E-state index contributed by atoms with van der Waals surface area (Å²) in [4.78, 5) is 7.60. The Balaban J connectivity index is 1.80. The van der Waals surface area contributed by atoms with Gasteiger partial charge in [0.05, 0.1) is 22.5 Å². The Labute approximate surface area is 133 Å². The smallest absolute Gasteiger partial charge is 0.240 e. The normalized spacial score (nSPS) is 11.9. The van der Waals surface area contributed by atoms with Crippen LogP contribution >= 0.6 is 11.6 Å². The van der Waals surface area contributed by atoms with Crippen LogP contribution in [0, 0.1) is 6.92 Å². The van der Waals surface area contributed by atoms with E-state index in [-0.39, 0.29) is 11.4 Å². The number of hydrogen-bond donors (Lipinski definition) is 2. The molecule has 2 N–H and O–H groups in total. The van der Waals surface area contributed by atoms with E-state index in [1.165, 1.54) is 6.07 Å². The highest BCUT2D eigenvalue weighted by Crippen LogP contribution is 2.19. The summed E-state index contributed by atoms with van der Waals surface area (Å²) in [5, 5.41) is 0.538. The molecule has 0 saturated heterocycles. The average molecular weight is 336 g/mol. The Hall–Kier alpha value is -1.89. The van der Waals surface area contributed by atoms with Gasteiger partial charge in [0, 0.05) is 5.02 Å². The molecule has 0 fully saturated rings. The van der Waals surface area contributed by atoms with E-state index in [4.69, 9.17) is 11.6 Å². The van der Waals surface area contributed by atoms with Crippen LogP contribution in [0.3, 0.4) is 0 Å². The Bertz CT molecular complexity index is 902. The maximum atomic E-state index is 12.3. The van der Waals surface area contributed by atoms with Gasteiger partial charge in [0.15, 0.2) is 0 Å². The molecule has 0 spiro atoms. The highest BCUT2D eigenvalue weighted by atomic mass is 35.5. The SMILES string of the molecule is Cc1cc(S(=O)(=O)NCc2nc3ccccc3[nH]2)ccc1Cl. The number of aromatic amines is 1. The molecule has 114 valence electrons. The van der Waals surface area contributed by atoms with Crippen LogP contribution in [0.25, 0.3) is 11.0 Å². The molecule has 0 amide bonds. The first kappa shape index (κ1) is 15.0. The molecule has 3 rings (SSSR count). The lowest BCUT2D eigenvalue weighted by molar-refractivity contribution is 0.579. The predicted molar refractivity (Wildman–Crippen MR) is 86.3 cm³/mol. The molecule has 1 aromatic heterocycles. The third-order valence-corrected chi connectivity index (χ3v) is 5.13. The zero-order chi connectivity index (χ0) is 15.7. The number of nitrogens with zero attached hydrogens (tertiary/aromatic N) is 1. The van der Waals surface area contributed by atoms with Gasteiger partial charge in [-0.2, -0.15) is 0 Å². The number of aromatic nitrogens is 2. The van der Waals surface area contributed by atoms with Crippen molar-refractivity contribution in [3.8, 4) is 0 Å². The molecule has 0 saturated carbocycles. The molecule has 0 aliphatic heterocycles. The number of imidazole rings is 1. The van der Waals surface area contributed by atoms with Crippen molar-refractivity contribution in [2.24, 2.45) is 0 Å². The van der Waals surface area contributed by atoms with E-state index in [0.29, 0.717) is 16.4 Å². The second-order valence-corrected chi connectivity index (χ2v) is 7.11. The number of hydrogen-bond acceptors (Lipinski definition) is 3. The molecule has 0 atom stereocenters. The van der Waals surface area contributed by atoms with Crippen LogP contribution in [0.2, 0.25) is 5.02 Å². The van der Waals surface area contributed by atoms with Crippen LogP contribution in [-0.2, 0) is 16.6 Å². The summed E-state index contributed by atoms with van der Waals surface area (Å²) in [5.41, 5.74) is 2.39. The van der Waals surface area contributed by atoms with Crippen molar-refractivity contribution in [1.29, 1.82) is 0 Å². The summed E-state index contributed by atoms with van der Waals surface area (Å²) in [6, 6.07) is 12.1. The number of fused-ring (bicyclic) bond motifs is 1. The maximum Gasteiger partial charge on any atom is 0.240 e. The summed E-state index contributed by atoms with van der Waals surface area (Å²) in [7, 11) is -3.60.